The molecule has 0 spiro atoms. The highest BCUT2D eigenvalue weighted by atomic mass is 16.3. The Bertz CT molecular complexity index is 1060. The Morgan fingerprint density at radius 1 is 1.31 bits per heavy atom. The molecule has 3 aromatic rings. The second-order valence-electron chi connectivity index (χ2n) is 6.78. The summed E-state index contributed by atoms with van der Waals surface area (Å²) in [6, 6.07) is 9.40. The fraction of sp³-hybridized carbons (Fsp3) is 0.190. The predicted molar refractivity (Wildman–Crippen MR) is 107 cm³/mol. The van der Waals surface area contributed by atoms with Gasteiger partial charge in [-0.1, -0.05) is 6.08 Å². The SMILES string of the molecule is C=CCNC(=O)n1nc(-c2ccc(NC(=O)c3ccco3)cc2O)cc1C1CC1. The van der Waals surface area contributed by atoms with Gasteiger partial charge < -0.3 is 20.2 Å². The van der Waals surface area contributed by atoms with Crippen molar-refractivity contribution in [1.29, 1.82) is 0 Å². The Morgan fingerprint density at radius 3 is 2.79 bits per heavy atom. The summed E-state index contributed by atoms with van der Waals surface area (Å²) in [6.45, 7) is 3.93. The van der Waals surface area contributed by atoms with Gasteiger partial charge in [0.25, 0.3) is 5.91 Å². The van der Waals surface area contributed by atoms with Crippen LogP contribution in [0.5, 0.6) is 5.75 Å². The number of furan rings is 1. The van der Waals surface area contributed by atoms with E-state index in [-0.39, 0.29) is 17.5 Å². The van der Waals surface area contributed by atoms with Crippen molar-refractivity contribution in [1.82, 2.24) is 15.1 Å². The van der Waals surface area contributed by atoms with Crippen molar-refractivity contribution in [3.05, 3.63) is 66.8 Å². The van der Waals surface area contributed by atoms with E-state index in [4.69, 9.17) is 4.42 Å². The molecule has 8 heteroatoms. The molecule has 29 heavy (non-hydrogen) atoms. The Hall–Kier alpha value is -3.81. The first-order chi connectivity index (χ1) is 14.1. The minimum absolute atomic E-state index is 0.0549. The number of hydrogen-bond donors (Lipinski definition) is 3. The molecule has 8 nitrogen and oxygen atoms in total. The van der Waals surface area contributed by atoms with Gasteiger partial charge in [-0.3, -0.25) is 4.79 Å². The van der Waals surface area contributed by atoms with Crippen LogP contribution in [0.25, 0.3) is 11.3 Å². The third kappa shape index (κ3) is 3.91. The summed E-state index contributed by atoms with van der Waals surface area (Å²) in [5.41, 5.74) is 2.19. The number of carbonyl (C=O) groups excluding carboxylic acids is 2. The maximum absolute atomic E-state index is 12.4. The highest BCUT2D eigenvalue weighted by molar-refractivity contribution is 6.02. The highest BCUT2D eigenvalue weighted by Crippen LogP contribution is 2.42. The molecule has 148 valence electrons. The molecule has 1 saturated carbocycles. The van der Waals surface area contributed by atoms with Gasteiger partial charge >= 0.3 is 6.03 Å². The molecule has 0 atom stereocenters. The first-order valence-corrected chi connectivity index (χ1v) is 9.24. The zero-order valence-electron chi connectivity index (χ0n) is 15.6. The van der Waals surface area contributed by atoms with E-state index >= 15 is 0 Å². The van der Waals surface area contributed by atoms with Crippen LogP contribution in [0.15, 0.2) is 59.7 Å². The van der Waals surface area contributed by atoms with E-state index in [1.54, 1.807) is 30.3 Å². The largest absolute Gasteiger partial charge is 0.507 e. The molecule has 4 rings (SSSR count). The van der Waals surface area contributed by atoms with Crippen LogP contribution in [0, 0.1) is 0 Å². The number of nitrogens with one attached hydrogen (secondary N) is 2. The van der Waals surface area contributed by atoms with Crippen LogP contribution in [-0.2, 0) is 0 Å². The van der Waals surface area contributed by atoms with Gasteiger partial charge in [-0.25, -0.2) is 4.79 Å². The van der Waals surface area contributed by atoms with E-state index in [9.17, 15) is 14.7 Å². The molecule has 1 fully saturated rings. The molecule has 1 aromatic carbocycles. The quantitative estimate of drug-likeness (QED) is 0.554. The van der Waals surface area contributed by atoms with E-state index in [0.29, 0.717) is 29.4 Å². The molecule has 2 amide bonds. The molecule has 0 radical (unpaired) electrons. The number of rotatable bonds is 6. The molecule has 2 aromatic heterocycles. The van der Waals surface area contributed by atoms with Gasteiger partial charge in [0, 0.05) is 29.8 Å². The van der Waals surface area contributed by atoms with Crippen molar-refractivity contribution in [3.63, 3.8) is 0 Å². The lowest BCUT2D eigenvalue weighted by Gasteiger charge is -2.07. The van der Waals surface area contributed by atoms with Crippen LogP contribution >= 0.6 is 0 Å². The van der Waals surface area contributed by atoms with Crippen LogP contribution in [0.2, 0.25) is 0 Å². The maximum atomic E-state index is 12.4. The van der Waals surface area contributed by atoms with Crippen molar-refractivity contribution >= 4 is 17.6 Å². The molecule has 1 aliphatic carbocycles. The van der Waals surface area contributed by atoms with Crippen molar-refractivity contribution in [2.45, 2.75) is 18.8 Å². The number of phenolic OH excluding ortho intramolecular Hbond substituents is 1. The van der Waals surface area contributed by atoms with E-state index in [1.807, 2.05) is 6.07 Å². The Balaban J connectivity index is 1.59. The fourth-order valence-electron chi connectivity index (χ4n) is 3.02. The first-order valence-electron chi connectivity index (χ1n) is 9.24. The smallest absolute Gasteiger partial charge is 0.342 e. The van der Waals surface area contributed by atoms with Gasteiger partial charge in [-0.15, -0.1) is 6.58 Å². The molecule has 3 N–H and O–H groups in total. The summed E-state index contributed by atoms with van der Waals surface area (Å²) in [6.07, 6.45) is 5.02. The third-order valence-corrected chi connectivity index (χ3v) is 4.60. The monoisotopic (exact) mass is 392 g/mol. The van der Waals surface area contributed by atoms with Crippen LogP contribution in [0.3, 0.4) is 0 Å². The molecule has 0 unspecified atom stereocenters. The number of aromatic hydroxyl groups is 1. The lowest BCUT2D eigenvalue weighted by Crippen LogP contribution is -2.30. The average molecular weight is 392 g/mol. The molecule has 1 aliphatic rings. The second kappa shape index (κ2) is 7.67. The Kier molecular flexibility index (Phi) is 4.90. The van der Waals surface area contributed by atoms with Gasteiger partial charge in [0.15, 0.2) is 5.76 Å². The normalized spacial score (nSPS) is 13.1. The van der Waals surface area contributed by atoms with Crippen LogP contribution in [0.1, 0.15) is 35.0 Å². The van der Waals surface area contributed by atoms with E-state index in [1.165, 1.54) is 17.0 Å². The zero-order valence-corrected chi connectivity index (χ0v) is 15.6. The van der Waals surface area contributed by atoms with E-state index < -0.39 is 5.91 Å². The standard InChI is InChI=1S/C21H20N4O4/c1-2-9-22-21(28)25-17(13-5-6-13)12-16(24-25)15-8-7-14(11-18(15)26)23-20(27)19-4-3-10-29-19/h2-4,7-8,10-13,26H,1,5-6,9H2,(H,22,28)(H,23,27). The van der Waals surface area contributed by atoms with Crippen LogP contribution < -0.4 is 10.6 Å². The zero-order chi connectivity index (χ0) is 20.4. The minimum Gasteiger partial charge on any atom is -0.507 e. The number of hydrogen-bond acceptors (Lipinski definition) is 5. The van der Waals surface area contributed by atoms with Gasteiger partial charge in [0.1, 0.15) is 5.75 Å². The summed E-state index contributed by atoms with van der Waals surface area (Å²) < 4.78 is 6.40. The number of benzene rings is 1. The van der Waals surface area contributed by atoms with E-state index in [0.717, 1.165) is 18.5 Å². The summed E-state index contributed by atoms with van der Waals surface area (Å²) in [7, 11) is 0. The lowest BCUT2D eigenvalue weighted by molar-refractivity contribution is 0.0996. The minimum atomic E-state index is -0.415. The number of nitrogens with zero attached hydrogens (tertiary/aromatic N) is 2. The highest BCUT2D eigenvalue weighted by Gasteiger charge is 2.30. The molecular formula is C21H20N4O4. The number of carbonyl (C=O) groups is 2. The summed E-state index contributed by atoms with van der Waals surface area (Å²) >= 11 is 0. The fourth-order valence-corrected chi connectivity index (χ4v) is 3.02. The van der Waals surface area contributed by atoms with Crippen LogP contribution in [-0.4, -0.2) is 33.4 Å². The van der Waals surface area contributed by atoms with Crippen molar-refractivity contribution < 1.29 is 19.1 Å². The summed E-state index contributed by atoms with van der Waals surface area (Å²) in [4.78, 5) is 24.5. The second-order valence-corrected chi connectivity index (χ2v) is 6.78. The number of amides is 2. The maximum Gasteiger partial charge on any atom is 0.342 e. The topological polar surface area (TPSA) is 109 Å². The summed E-state index contributed by atoms with van der Waals surface area (Å²) in [5.74, 6) is -0.00580. The van der Waals surface area contributed by atoms with Crippen molar-refractivity contribution in [3.8, 4) is 17.0 Å². The first kappa shape index (κ1) is 18.5. The molecule has 0 saturated heterocycles. The number of phenols is 1. The predicted octanol–water partition coefficient (Wildman–Crippen LogP) is 3.72. The average Bonchev–Trinajstić information content (AvgIpc) is 3.22. The van der Waals surface area contributed by atoms with Gasteiger partial charge in [0.05, 0.1) is 17.7 Å². The summed E-state index contributed by atoms with van der Waals surface area (Å²) in [5, 5.41) is 20.3. The van der Waals surface area contributed by atoms with Crippen LogP contribution in [0.4, 0.5) is 10.5 Å². The molecular weight excluding hydrogens is 372 g/mol. The van der Waals surface area contributed by atoms with Gasteiger partial charge in [-0.05, 0) is 43.2 Å². The Labute approximate surface area is 166 Å². The molecule has 0 aliphatic heterocycles. The van der Waals surface area contributed by atoms with Crippen molar-refractivity contribution in [2.24, 2.45) is 0 Å². The van der Waals surface area contributed by atoms with Gasteiger partial charge in [0.2, 0.25) is 0 Å². The third-order valence-electron chi connectivity index (χ3n) is 4.60. The van der Waals surface area contributed by atoms with Crippen molar-refractivity contribution in [2.75, 3.05) is 11.9 Å². The Morgan fingerprint density at radius 2 is 2.14 bits per heavy atom. The van der Waals surface area contributed by atoms with Gasteiger partial charge in [-0.2, -0.15) is 9.78 Å². The number of aromatic nitrogens is 2. The number of anilines is 1. The molecule has 0 bridgehead atoms. The molecule has 2 heterocycles. The van der Waals surface area contributed by atoms with E-state index in [2.05, 4.69) is 22.3 Å². The lowest BCUT2D eigenvalue weighted by atomic mass is 10.1.